The Morgan fingerprint density at radius 2 is 1.73 bits per heavy atom. The van der Waals surface area contributed by atoms with Gasteiger partial charge in [0, 0.05) is 30.9 Å². The summed E-state index contributed by atoms with van der Waals surface area (Å²) >= 11 is 0. The van der Waals surface area contributed by atoms with Crippen molar-refractivity contribution in [2.24, 2.45) is 0 Å². The van der Waals surface area contributed by atoms with Crippen LogP contribution in [-0.2, 0) is 11.3 Å². The van der Waals surface area contributed by atoms with Gasteiger partial charge in [-0.25, -0.2) is 0 Å². The highest BCUT2D eigenvalue weighted by molar-refractivity contribution is 6.00. The molecule has 138 valence electrons. The summed E-state index contributed by atoms with van der Waals surface area (Å²) in [7, 11) is 2.03. The summed E-state index contributed by atoms with van der Waals surface area (Å²) in [6.45, 7) is 6.20. The highest BCUT2D eigenvalue weighted by Gasteiger charge is 2.23. The van der Waals surface area contributed by atoms with Crippen LogP contribution in [0.15, 0.2) is 54.6 Å². The van der Waals surface area contributed by atoms with E-state index in [1.54, 1.807) is 0 Å². The Balaban J connectivity index is 1.67. The van der Waals surface area contributed by atoms with Crippen molar-refractivity contribution in [1.82, 2.24) is 4.90 Å². The van der Waals surface area contributed by atoms with Gasteiger partial charge in [-0.05, 0) is 43.3 Å². The van der Waals surface area contributed by atoms with Gasteiger partial charge in [0.25, 0.3) is 0 Å². The number of benzene rings is 2. The molecule has 1 aliphatic rings. The summed E-state index contributed by atoms with van der Waals surface area (Å²) in [5.74, 6) is 0.194. The molecule has 0 aromatic heterocycles. The Hall–Kier alpha value is -2.17. The van der Waals surface area contributed by atoms with Gasteiger partial charge in [-0.15, -0.1) is 0 Å². The van der Waals surface area contributed by atoms with Crippen LogP contribution in [0.5, 0.6) is 0 Å². The molecule has 0 amide bonds. The first-order valence-electron chi connectivity index (χ1n) is 9.40. The van der Waals surface area contributed by atoms with E-state index in [-0.39, 0.29) is 11.8 Å². The van der Waals surface area contributed by atoms with Gasteiger partial charge in [-0.3, -0.25) is 9.69 Å². The molecule has 26 heavy (non-hydrogen) atoms. The van der Waals surface area contributed by atoms with Crippen LogP contribution < -0.4 is 4.90 Å². The molecule has 0 radical (unpaired) electrons. The average molecular weight is 352 g/mol. The van der Waals surface area contributed by atoms with E-state index in [1.807, 2.05) is 37.4 Å². The maximum Gasteiger partial charge on any atom is 0.179 e. The second-order valence-electron chi connectivity index (χ2n) is 6.84. The minimum Gasteiger partial charge on any atom is -0.378 e. The molecule has 0 bridgehead atoms. The summed E-state index contributed by atoms with van der Waals surface area (Å²) in [5, 5.41) is 0. The van der Waals surface area contributed by atoms with Crippen molar-refractivity contribution in [2.45, 2.75) is 25.9 Å². The fraction of sp³-hybridized carbons (Fsp3) is 0.409. The Kier molecular flexibility index (Phi) is 6.42. The lowest BCUT2D eigenvalue weighted by atomic mass is 10.00. The van der Waals surface area contributed by atoms with E-state index in [2.05, 4.69) is 41.0 Å². The molecule has 0 spiro atoms. The summed E-state index contributed by atoms with van der Waals surface area (Å²) in [4.78, 5) is 17.5. The molecular formula is C22H28N2O2. The molecule has 2 aromatic carbocycles. The first-order valence-corrected chi connectivity index (χ1v) is 9.40. The molecule has 1 heterocycles. The van der Waals surface area contributed by atoms with Crippen LogP contribution >= 0.6 is 0 Å². The van der Waals surface area contributed by atoms with Crippen molar-refractivity contribution < 1.29 is 9.53 Å². The lowest BCUT2D eigenvalue weighted by Gasteiger charge is -2.29. The number of nitrogens with zero attached hydrogens (tertiary/aromatic N) is 2. The zero-order chi connectivity index (χ0) is 18.4. The number of anilines is 1. The second kappa shape index (κ2) is 8.97. The topological polar surface area (TPSA) is 32.8 Å². The van der Waals surface area contributed by atoms with Crippen LogP contribution in [0.25, 0.3) is 0 Å². The quantitative estimate of drug-likeness (QED) is 0.713. The zero-order valence-electron chi connectivity index (χ0n) is 15.7. The summed E-state index contributed by atoms with van der Waals surface area (Å²) in [5.41, 5.74) is 3.17. The highest BCUT2D eigenvalue weighted by Crippen LogP contribution is 2.19. The van der Waals surface area contributed by atoms with E-state index in [0.717, 1.165) is 50.5 Å². The maximum atomic E-state index is 13.0. The van der Waals surface area contributed by atoms with Gasteiger partial charge in [-0.2, -0.15) is 0 Å². The number of ketones is 1. The minimum absolute atomic E-state index is 0.107. The van der Waals surface area contributed by atoms with Crippen LogP contribution in [0.4, 0.5) is 5.69 Å². The molecule has 1 saturated heterocycles. The van der Waals surface area contributed by atoms with Crippen molar-refractivity contribution in [1.29, 1.82) is 0 Å². The molecular weight excluding hydrogens is 324 g/mol. The third-order valence-electron chi connectivity index (χ3n) is 5.02. The van der Waals surface area contributed by atoms with Crippen LogP contribution in [0.2, 0.25) is 0 Å². The van der Waals surface area contributed by atoms with Gasteiger partial charge in [0.15, 0.2) is 5.78 Å². The molecule has 0 saturated carbocycles. The van der Waals surface area contributed by atoms with Gasteiger partial charge in [0.05, 0.1) is 19.3 Å². The summed E-state index contributed by atoms with van der Waals surface area (Å²) in [6.07, 6.45) is 0.799. The molecule has 1 unspecified atom stereocenters. The van der Waals surface area contributed by atoms with E-state index < -0.39 is 0 Å². The Bertz CT molecular complexity index is 694. The van der Waals surface area contributed by atoms with Gasteiger partial charge >= 0.3 is 0 Å². The molecule has 0 N–H and O–H groups in total. The largest absolute Gasteiger partial charge is 0.378 e. The Morgan fingerprint density at radius 3 is 2.35 bits per heavy atom. The monoisotopic (exact) mass is 352 g/mol. The number of Topliss-reactive ketones (excluding diaryl/α,β-unsaturated/α-hetero) is 1. The van der Waals surface area contributed by atoms with E-state index >= 15 is 0 Å². The molecule has 1 aliphatic heterocycles. The third-order valence-corrected chi connectivity index (χ3v) is 5.02. The number of carbonyl (C=O) groups excluding carboxylic acids is 1. The van der Waals surface area contributed by atoms with E-state index in [1.165, 1.54) is 5.56 Å². The Morgan fingerprint density at radius 1 is 1.08 bits per heavy atom. The van der Waals surface area contributed by atoms with Crippen LogP contribution in [0.1, 0.15) is 29.3 Å². The molecule has 3 rings (SSSR count). The molecule has 2 aromatic rings. The number of likely N-dealkylation sites (N-methyl/N-ethyl adjacent to an activating group) is 1. The molecule has 4 heteroatoms. The lowest BCUT2D eigenvalue weighted by molar-refractivity contribution is 0.0838. The number of rotatable bonds is 7. The standard InChI is InChI=1S/C22H28N2O2/c1-3-21(23(2)17-18-7-5-4-6-8-18)22(25)19-9-11-20(12-10-19)24-13-15-26-16-14-24/h4-12,21H,3,13-17H2,1-2H3. The summed E-state index contributed by atoms with van der Waals surface area (Å²) in [6, 6.07) is 18.2. The van der Waals surface area contributed by atoms with Crippen molar-refractivity contribution in [3.8, 4) is 0 Å². The third kappa shape index (κ3) is 4.51. The van der Waals surface area contributed by atoms with Crippen LogP contribution in [-0.4, -0.2) is 50.1 Å². The van der Waals surface area contributed by atoms with E-state index in [0.29, 0.717) is 0 Å². The number of hydrogen-bond acceptors (Lipinski definition) is 4. The van der Waals surface area contributed by atoms with Crippen LogP contribution in [0.3, 0.4) is 0 Å². The predicted octanol–water partition coefficient (Wildman–Crippen LogP) is 3.62. The first kappa shape index (κ1) is 18.6. The maximum absolute atomic E-state index is 13.0. The van der Waals surface area contributed by atoms with Gasteiger partial charge in [0.2, 0.25) is 0 Å². The predicted molar refractivity (Wildman–Crippen MR) is 106 cm³/mol. The van der Waals surface area contributed by atoms with Crippen molar-refractivity contribution in [3.63, 3.8) is 0 Å². The lowest BCUT2D eigenvalue weighted by Crippen LogP contribution is -2.38. The highest BCUT2D eigenvalue weighted by atomic mass is 16.5. The Labute approximate surface area is 156 Å². The van der Waals surface area contributed by atoms with Crippen LogP contribution in [0, 0.1) is 0 Å². The van der Waals surface area contributed by atoms with Gasteiger partial charge < -0.3 is 9.64 Å². The van der Waals surface area contributed by atoms with E-state index in [9.17, 15) is 4.79 Å². The number of carbonyl (C=O) groups is 1. The molecule has 1 atom stereocenters. The second-order valence-corrected chi connectivity index (χ2v) is 6.84. The van der Waals surface area contributed by atoms with E-state index in [4.69, 9.17) is 4.74 Å². The number of hydrogen-bond donors (Lipinski definition) is 0. The first-order chi connectivity index (χ1) is 12.7. The summed E-state index contributed by atoms with van der Waals surface area (Å²) < 4.78 is 5.40. The fourth-order valence-electron chi connectivity index (χ4n) is 3.53. The fourth-order valence-corrected chi connectivity index (χ4v) is 3.53. The van der Waals surface area contributed by atoms with Crippen molar-refractivity contribution in [2.75, 3.05) is 38.3 Å². The van der Waals surface area contributed by atoms with Crippen molar-refractivity contribution in [3.05, 3.63) is 65.7 Å². The molecule has 1 fully saturated rings. The molecule has 4 nitrogen and oxygen atoms in total. The van der Waals surface area contributed by atoms with Crippen molar-refractivity contribution >= 4 is 11.5 Å². The normalized spacial score (nSPS) is 15.9. The van der Waals surface area contributed by atoms with Gasteiger partial charge in [0.1, 0.15) is 0 Å². The molecule has 0 aliphatic carbocycles. The number of ether oxygens (including phenoxy) is 1. The SMILES string of the molecule is CCC(C(=O)c1ccc(N2CCOCC2)cc1)N(C)Cc1ccccc1. The van der Waals surface area contributed by atoms with Gasteiger partial charge in [-0.1, -0.05) is 37.3 Å². The smallest absolute Gasteiger partial charge is 0.179 e. The number of morpholine rings is 1. The minimum atomic E-state index is -0.107. The zero-order valence-corrected chi connectivity index (χ0v) is 15.7. The average Bonchev–Trinajstić information content (AvgIpc) is 2.70.